The third-order valence-electron chi connectivity index (χ3n) is 3.30. The molecule has 108 valence electrons. The first-order valence-corrected chi connectivity index (χ1v) is 10.2. The largest absolute Gasteiger partial charge is 0.338 e. The van der Waals surface area contributed by atoms with Crippen molar-refractivity contribution in [2.24, 2.45) is 7.05 Å². The molecule has 1 unspecified atom stereocenters. The van der Waals surface area contributed by atoms with Crippen molar-refractivity contribution in [3.8, 4) is 0 Å². The fraction of sp³-hybridized carbons (Fsp3) is 0.727. The number of aromatic nitrogens is 2. The lowest BCUT2D eigenvalue weighted by atomic mass is 10.2. The first-order valence-electron chi connectivity index (χ1n) is 5.98. The molecule has 1 atom stereocenters. The van der Waals surface area contributed by atoms with Gasteiger partial charge in [-0.05, 0) is 6.92 Å². The Labute approximate surface area is 126 Å². The summed E-state index contributed by atoms with van der Waals surface area (Å²) in [6, 6.07) is 0. The maximum Gasteiger partial charge on any atom is 0.169 e. The highest BCUT2D eigenvalue weighted by Gasteiger charge is 2.34. The Balaban J connectivity index is 2.49. The summed E-state index contributed by atoms with van der Waals surface area (Å²) in [5.74, 6) is 2.48. The van der Waals surface area contributed by atoms with Gasteiger partial charge in [0, 0.05) is 42.2 Å². The van der Waals surface area contributed by atoms with Gasteiger partial charge in [-0.2, -0.15) is 16.9 Å². The third-order valence-corrected chi connectivity index (χ3v) is 6.50. The van der Waals surface area contributed by atoms with E-state index < -0.39 is 15.2 Å². The minimum Gasteiger partial charge on any atom is -0.338 e. The quantitative estimate of drug-likeness (QED) is 0.758. The molecule has 0 aromatic carbocycles. The van der Waals surface area contributed by atoms with E-state index >= 15 is 0 Å². The first kappa shape index (κ1) is 15.2. The highest BCUT2D eigenvalue weighted by Crippen LogP contribution is 2.31. The highest BCUT2D eigenvalue weighted by molar-refractivity contribution is 9.08. The van der Waals surface area contributed by atoms with Crippen LogP contribution in [0, 0.1) is 6.92 Å². The Morgan fingerprint density at radius 1 is 1.53 bits per heavy atom. The van der Waals surface area contributed by atoms with Crippen LogP contribution in [0.5, 0.6) is 0 Å². The van der Waals surface area contributed by atoms with E-state index in [4.69, 9.17) is 0 Å². The molecule has 0 amide bonds. The van der Waals surface area contributed by atoms with Gasteiger partial charge in [0.2, 0.25) is 0 Å². The van der Waals surface area contributed by atoms with E-state index in [0.717, 1.165) is 29.4 Å². The van der Waals surface area contributed by atoms with Crippen LogP contribution in [-0.4, -0.2) is 47.9 Å². The zero-order valence-corrected chi connectivity index (χ0v) is 14.5. The topological polar surface area (TPSA) is 55.2 Å². The average Bonchev–Trinajstić information content (AvgIpc) is 2.62. The van der Waals surface area contributed by atoms with E-state index in [1.165, 1.54) is 6.26 Å². The van der Waals surface area contributed by atoms with Crippen molar-refractivity contribution in [3.05, 3.63) is 11.3 Å². The standard InChI is InChI=1S/C11H18BrN3O2S2/c1-8-9(6-12)11(14(2)13-8)15-4-5-18-7-10(15)19(3,16)17/h10H,4-7H2,1-3H3. The van der Waals surface area contributed by atoms with Crippen molar-refractivity contribution in [3.63, 3.8) is 0 Å². The van der Waals surface area contributed by atoms with Gasteiger partial charge in [0.1, 0.15) is 11.2 Å². The molecule has 0 radical (unpaired) electrons. The van der Waals surface area contributed by atoms with Crippen LogP contribution in [0.25, 0.3) is 0 Å². The molecule has 1 aliphatic rings. The number of hydrogen-bond acceptors (Lipinski definition) is 5. The maximum atomic E-state index is 12.0. The van der Waals surface area contributed by atoms with Crippen molar-refractivity contribution in [2.45, 2.75) is 17.6 Å². The van der Waals surface area contributed by atoms with Crippen LogP contribution < -0.4 is 4.90 Å². The van der Waals surface area contributed by atoms with E-state index in [9.17, 15) is 8.42 Å². The van der Waals surface area contributed by atoms with E-state index in [1.807, 2.05) is 18.9 Å². The molecule has 19 heavy (non-hydrogen) atoms. The fourth-order valence-electron chi connectivity index (χ4n) is 2.38. The summed E-state index contributed by atoms with van der Waals surface area (Å²) in [6.07, 6.45) is 1.31. The third kappa shape index (κ3) is 2.95. The SMILES string of the molecule is Cc1nn(C)c(N2CCSCC2S(C)(=O)=O)c1CBr. The molecule has 0 spiro atoms. The number of aryl methyl sites for hydroxylation is 2. The van der Waals surface area contributed by atoms with Gasteiger partial charge in [0.05, 0.1) is 5.69 Å². The lowest BCUT2D eigenvalue weighted by molar-refractivity contribution is 0.580. The van der Waals surface area contributed by atoms with Crippen molar-refractivity contribution < 1.29 is 8.42 Å². The molecular weight excluding hydrogens is 350 g/mol. The smallest absolute Gasteiger partial charge is 0.169 e. The van der Waals surface area contributed by atoms with E-state index in [-0.39, 0.29) is 0 Å². The number of rotatable bonds is 3. The van der Waals surface area contributed by atoms with Crippen LogP contribution in [0.2, 0.25) is 0 Å². The lowest BCUT2D eigenvalue weighted by Gasteiger charge is -2.36. The second-order valence-corrected chi connectivity index (χ2v) is 8.61. The average molecular weight is 368 g/mol. The molecule has 0 aliphatic carbocycles. The lowest BCUT2D eigenvalue weighted by Crippen LogP contribution is -2.48. The van der Waals surface area contributed by atoms with Crippen LogP contribution in [0.4, 0.5) is 5.82 Å². The van der Waals surface area contributed by atoms with Gasteiger partial charge in [0.25, 0.3) is 0 Å². The molecule has 1 aromatic heterocycles. The van der Waals surface area contributed by atoms with Gasteiger partial charge < -0.3 is 4.90 Å². The molecule has 0 saturated carbocycles. The summed E-state index contributed by atoms with van der Waals surface area (Å²) < 4.78 is 25.8. The minimum atomic E-state index is -3.11. The zero-order valence-electron chi connectivity index (χ0n) is 11.3. The van der Waals surface area contributed by atoms with Crippen molar-refractivity contribution in [1.29, 1.82) is 0 Å². The predicted molar refractivity (Wildman–Crippen MR) is 83.9 cm³/mol. The first-order chi connectivity index (χ1) is 8.86. The normalized spacial score (nSPS) is 20.8. The highest BCUT2D eigenvalue weighted by atomic mass is 79.9. The Bertz CT molecular complexity index is 571. The summed E-state index contributed by atoms with van der Waals surface area (Å²) in [7, 11) is -1.24. The predicted octanol–water partition coefficient (Wildman–Crippen LogP) is 1.55. The van der Waals surface area contributed by atoms with Crippen molar-refractivity contribution >= 4 is 43.3 Å². The summed E-state index contributed by atoms with van der Waals surface area (Å²) in [5.41, 5.74) is 2.02. The summed E-state index contributed by atoms with van der Waals surface area (Å²) in [5, 5.41) is 4.64. The van der Waals surface area contributed by atoms with Crippen LogP contribution in [0.3, 0.4) is 0 Å². The summed E-state index contributed by atoms with van der Waals surface area (Å²) in [6.45, 7) is 2.69. The molecule has 8 heteroatoms. The number of alkyl halides is 1. The molecule has 2 rings (SSSR count). The summed E-state index contributed by atoms with van der Waals surface area (Å²) in [4.78, 5) is 1.99. The molecule has 0 bridgehead atoms. The minimum absolute atomic E-state index is 0.459. The monoisotopic (exact) mass is 367 g/mol. The van der Waals surface area contributed by atoms with Crippen molar-refractivity contribution in [1.82, 2.24) is 9.78 Å². The Hall–Kier alpha value is -0.210. The maximum absolute atomic E-state index is 12.0. The molecular formula is C11H18BrN3O2S2. The van der Waals surface area contributed by atoms with Gasteiger partial charge in [-0.3, -0.25) is 4.68 Å². The number of nitrogens with zero attached hydrogens (tertiary/aromatic N) is 3. The molecule has 5 nitrogen and oxygen atoms in total. The molecule has 0 N–H and O–H groups in total. The molecule has 1 aliphatic heterocycles. The Morgan fingerprint density at radius 3 is 2.79 bits per heavy atom. The van der Waals surface area contributed by atoms with Crippen LogP contribution in [0.15, 0.2) is 0 Å². The van der Waals surface area contributed by atoms with Crippen molar-refractivity contribution in [2.75, 3.05) is 29.2 Å². The summed E-state index contributed by atoms with van der Waals surface area (Å²) >= 11 is 5.17. The van der Waals surface area contributed by atoms with Gasteiger partial charge in [0.15, 0.2) is 9.84 Å². The zero-order chi connectivity index (χ0) is 14.2. The second kappa shape index (κ2) is 5.65. The Kier molecular flexibility index (Phi) is 4.52. The molecule has 2 heterocycles. The van der Waals surface area contributed by atoms with Gasteiger partial charge in [-0.1, -0.05) is 15.9 Å². The Morgan fingerprint density at radius 2 is 2.21 bits per heavy atom. The number of sulfone groups is 1. The number of halogens is 1. The molecule has 1 aromatic rings. The van der Waals surface area contributed by atoms with Gasteiger partial charge in [-0.15, -0.1) is 0 Å². The second-order valence-electron chi connectivity index (χ2n) is 4.70. The number of anilines is 1. The van der Waals surface area contributed by atoms with E-state index in [2.05, 4.69) is 21.0 Å². The van der Waals surface area contributed by atoms with Gasteiger partial charge >= 0.3 is 0 Å². The molecule has 1 fully saturated rings. The van der Waals surface area contributed by atoms with E-state index in [1.54, 1.807) is 16.4 Å². The van der Waals surface area contributed by atoms with Crippen LogP contribution in [-0.2, 0) is 22.2 Å². The fourth-order valence-corrected chi connectivity index (χ4v) is 5.86. The number of hydrogen-bond donors (Lipinski definition) is 0. The number of thioether (sulfide) groups is 1. The van der Waals surface area contributed by atoms with Crippen LogP contribution >= 0.6 is 27.7 Å². The van der Waals surface area contributed by atoms with Gasteiger partial charge in [-0.25, -0.2) is 8.42 Å². The molecule has 1 saturated heterocycles. The van der Waals surface area contributed by atoms with Crippen LogP contribution in [0.1, 0.15) is 11.3 Å². The van der Waals surface area contributed by atoms with E-state index in [0.29, 0.717) is 11.1 Å².